The first-order valence-corrected chi connectivity index (χ1v) is 7.78. The molecule has 3 rings (SSSR count). The van der Waals surface area contributed by atoms with Crippen molar-refractivity contribution in [2.24, 2.45) is 0 Å². The summed E-state index contributed by atoms with van der Waals surface area (Å²) in [7, 11) is 0. The largest absolute Gasteiger partial charge is 0.330 e. The number of urea groups is 1. The Hall–Kier alpha value is -2.01. The van der Waals surface area contributed by atoms with Gasteiger partial charge in [-0.2, -0.15) is 0 Å². The number of nitrogens with one attached hydrogen (secondary N) is 1. The maximum Gasteiger partial charge on any atom is 0.322 e. The zero-order valence-corrected chi connectivity index (χ0v) is 13.5. The highest BCUT2D eigenvalue weighted by Crippen LogP contribution is 2.22. The number of hydrogen-bond acceptors (Lipinski definition) is 2. The third-order valence-corrected chi connectivity index (χ3v) is 4.13. The number of fused-ring (bicyclic) bond motifs is 1. The molecule has 0 saturated carbocycles. The summed E-state index contributed by atoms with van der Waals surface area (Å²) in [6, 6.07) is 7.38. The van der Waals surface area contributed by atoms with Crippen LogP contribution in [0.4, 0.5) is 10.5 Å². The highest BCUT2D eigenvalue weighted by molar-refractivity contribution is 6.30. The number of halogens is 1. The van der Waals surface area contributed by atoms with Gasteiger partial charge < -0.3 is 14.8 Å². The number of imidazole rings is 1. The van der Waals surface area contributed by atoms with E-state index in [1.54, 1.807) is 24.3 Å². The van der Waals surface area contributed by atoms with Crippen LogP contribution in [-0.4, -0.2) is 27.0 Å². The van der Waals surface area contributed by atoms with E-state index in [9.17, 15) is 4.79 Å². The van der Waals surface area contributed by atoms with Gasteiger partial charge in [-0.05, 0) is 38.1 Å². The molecular formula is C16H19ClN4O. The zero-order valence-electron chi connectivity index (χ0n) is 12.7. The minimum absolute atomic E-state index is 0.0931. The molecule has 1 aliphatic heterocycles. The molecule has 0 saturated heterocycles. The summed E-state index contributed by atoms with van der Waals surface area (Å²) in [4.78, 5) is 18.7. The van der Waals surface area contributed by atoms with Crippen molar-refractivity contribution >= 4 is 23.3 Å². The molecule has 5 nitrogen and oxygen atoms in total. The summed E-state index contributed by atoms with van der Waals surface area (Å²) in [6.07, 6.45) is 2.67. The first-order valence-electron chi connectivity index (χ1n) is 7.40. The smallest absolute Gasteiger partial charge is 0.322 e. The van der Waals surface area contributed by atoms with Gasteiger partial charge in [0.2, 0.25) is 0 Å². The molecule has 0 atom stereocenters. The Balaban J connectivity index is 1.72. The van der Waals surface area contributed by atoms with Gasteiger partial charge in [0, 0.05) is 29.7 Å². The van der Waals surface area contributed by atoms with Crippen molar-refractivity contribution in [3.63, 3.8) is 0 Å². The van der Waals surface area contributed by atoms with Crippen molar-refractivity contribution in [1.82, 2.24) is 14.5 Å². The van der Waals surface area contributed by atoms with Gasteiger partial charge in [-0.3, -0.25) is 0 Å². The minimum Gasteiger partial charge on any atom is -0.330 e. The van der Waals surface area contributed by atoms with Crippen LogP contribution in [0.15, 0.2) is 30.6 Å². The summed E-state index contributed by atoms with van der Waals surface area (Å²) in [5.41, 5.74) is 2.98. The van der Waals surface area contributed by atoms with Crippen LogP contribution in [0.25, 0.3) is 0 Å². The number of nitrogens with zero attached hydrogens (tertiary/aromatic N) is 3. The van der Waals surface area contributed by atoms with Crippen LogP contribution in [0.1, 0.15) is 31.3 Å². The standard InChI is InChI=1S/C16H19ClN4O/c1-11(2)21-10-18-14-7-8-20(9-15(14)21)16(22)19-13-5-3-12(17)4-6-13/h3-6,10-11H,7-9H2,1-2H3,(H,19,22). The topological polar surface area (TPSA) is 50.2 Å². The fourth-order valence-corrected chi connectivity index (χ4v) is 2.79. The summed E-state index contributed by atoms with van der Waals surface area (Å²) < 4.78 is 2.14. The van der Waals surface area contributed by atoms with Gasteiger partial charge in [0.25, 0.3) is 0 Å². The SMILES string of the molecule is CC(C)n1cnc2c1CN(C(=O)Nc1ccc(Cl)cc1)CC2. The summed E-state index contributed by atoms with van der Waals surface area (Å²) in [5.74, 6) is 0. The van der Waals surface area contributed by atoms with Gasteiger partial charge in [0.15, 0.2) is 0 Å². The fraction of sp³-hybridized carbons (Fsp3) is 0.375. The second-order valence-electron chi connectivity index (χ2n) is 5.75. The lowest BCUT2D eigenvalue weighted by atomic mass is 10.1. The third kappa shape index (κ3) is 2.95. The molecule has 22 heavy (non-hydrogen) atoms. The second-order valence-corrected chi connectivity index (χ2v) is 6.18. The van der Waals surface area contributed by atoms with Crippen molar-refractivity contribution < 1.29 is 4.79 Å². The summed E-state index contributed by atoms with van der Waals surface area (Å²) in [6.45, 7) is 5.51. The Kier molecular flexibility index (Phi) is 4.07. The first-order chi connectivity index (χ1) is 10.5. The number of benzene rings is 1. The molecule has 0 fully saturated rings. The molecule has 1 aliphatic rings. The molecule has 2 amide bonds. The monoisotopic (exact) mass is 318 g/mol. The molecule has 6 heteroatoms. The molecule has 0 spiro atoms. The Morgan fingerprint density at radius 2 is 2.05 bits per heavy atom. The van der Waals surface area contributed by atoms with Crippen molar-refractivity contribution in [2.75, 3.05) is 11.9 Å². The predicted octanol–water partition coefficient (Wildman–Crippen LogP) is 3.71. The van der Waals surface area contributed by atoms with E-state index in [0.717, 1.165) is 23.5 Å². The van der Waals surface area contributed by atoms with Crippen LogP contribution in [0.3, 0.4) is 0 Å². The average Bonchev–Trinajstić information content (AvgIpc) is 2.92. The molecule has 2 aromatic rings. The Labute approximate surface area is 134 Å². The van der Waals surface area contributed by atoms with Crippen LogP contribution >= 0.6 is 11.6 Å². The second kappa shape index (κ2) is 6.01. The highest BCUT2D eigenvalue weighted by atomic mass is 35.5. The Bertz CT molecular complexity index is 678. The number of carbonyl (C=O) groups is 1. The molecule has 116 valence electrons. The summed E-state index contributed by atoms with van der Waals surface area (Å²) >= 11 is 5.85. The van der Waals surface area contributed by atoms with Crippen LogP contribution < -0.4 is 5.32 Å². The van der Waals surface area contributed by atoms with Gasteiger partial charge in [-0.1, -0.05) is 11.6 Å². The van der Waals surface area contributed by atoms with Crippen LogP contribution in [0.2, 0.25) is 5.02 Å². The van der Waals surface area contributed by atoms with Crippen LogP contribution in [-0.2, 0) is 13.0 Å². The number of rotatable bonds is 2. The van der Waals surface area contributed by atoms with E-state index >= 15 is 0 Å². The molecular weight excluding hydrogens is 300 g/mol. The van der Waals surface area contributed by atoms with E-state index in [-0.39, 0.29) is 6.03 Å². The lowest BCUT2D eigenvalue weighted by Crippen LogP contribution is -2.39. The number of hydrogen-bond donors (Lipinski definition) is 1. The van der Waals surface area contributed by atoms with Crippen molar-refractivity contribution in [2.45, 2.75) is 32.9 Å². The lowest BCUT2D eigenvalue weighted by molar-refractivity contribution is 0.204. The lowest BCUT2D eigenvalue weighted by Gasteiger charge is -2.28. The fourth-order valence-electron chi connectivity index (χ4n) is 2.66. The molecule has 0 bridgehead atoms. The molecule has 0 radical (unpaired) electrons. The predicted molar refractivity (Wildman–Crippen MR) is 87.2 cm³/mol. The molecule has 1 N–H and O–H groups in total. The van der Waals surface area contributed by atoms with Crippen LogP contribution in [0, 0.1) is 0 Å². The molecule has 0 aliphatic carbocycles. The Morgan fingerprint density at radius 1 is 1.32 bits per heavy atom. The van der Waals surface area contributed by atoms with Crippen molar-refractivity contribution in [1.29, 1.82) is 0 Å². The number of carbonyl (C=O) groups excluding carboxylic acids is 1. The molecule has 2 heterocycles. The average molecular weight is 319 g/mol. The number of aromatic nitrogens is 2. The van der Waals surface area contributed by atoms with E-state index in [1.165, 1.54) is 0 Å². The van der Waals surface area contributed by atoms with E-state index in [4.69, 9.17) is 11.6 Å². The minimum atomic E-state index is -0.0931. The van der Waals surface area contributed by atoms with E-state index in [0.29, 0.717) is 24.2 Å². The third-order valence-electron chi connectivity index (χ3n) is 3.88. The normalized spacial score (nSPS) is 14.1. The molecule has 0 unspecified atom stereocenters. The van der Waals surface area contributed by atoms with Crippen molar-refractivity contribution in [3.05, 3.63) is 47.0 Å². The highest BCUT2D eigenvalue weighted by Gasteiger charge is 2.25. The van der Waals surface area contributed by atoms with Gasteiger partial charge >= 0.3 is 6.03 Å². The van der Waals surface area contributed by atoms with E-state index in [1.807, 2.05) is 11.2 Å². The van der Waals surface area contributed by atoms with Gasteiger partial charge in [0.05, 0.1) is 24.3 Å². The van der Waals surface area contributed by atoms with Crippen molar-refractivity contribution in [3.8, 4) is 0 Å². The zero-order chi connectivity index (χ0) is 15.7. The van der Waals surface area contributed by atoms with Gasteiger partial charge in [-0.25, -0.2) is 9.78 Å². The number of anilines is 1. The Morgan fingerprint density at radius 3 is 2.73 bits per heavy atom. The maximum atomic E-state index is 12.4. The van der Waals surface area contributed by atoms with Crippen LogP contribution in [0.5, 0.6) is 0 Å². The van der Waals surface area contributed by atoms with Gasteiger partial charge in [0.1, 0.15) is 0 Å². The van der Waals surface area contributed by atoms with E-state index < -0.39 is 0 Å². The number of amides is 2. The quantitative estimate of drug-likeness (QED) is 0.917. The molecule has 1 aromatic carbocycles. The van der Waals surface area contributed by atoms with Gasteiger partial charge in [-0.15, -0.1) is 0 Å². The first kappa shape index (κ1) is 14.9. The van der Waals surface area contributed by atoms with E-state index in [2.05, 4.69) is 28.7 Å². The molecule has 1 aromatic heterocycles. The maximum absolute atomic E-state index is 12.4. The summed E-state index contributed by atoms with van der Waals surface area (Å²) in [5, 5.41) is 3.56.